The number of carbonyl (C=O) groups excluding carboxylic acids is 2. The third kappa shape index (κ3) is 3.03. The number of hydrogen-bond donors (Lipinski definition) is 2. The second-order valence-corrected chi connectivity index (χ2v) is 6.22. The topological polar surface area (TPSA) is 84.7 Å². The maximum absolute atomic E-state index is 12.1. The number of amides is 1. The summed E-state index contributed by atoms with van der Waals surface area (Å²) in [5.74, 6) is 0.0830. The van der Waals surface area contributed by atoms with Crippen molar-refractivity contribution in [2.24, 2.45) is 5.92 Å². The molecule has 0 bridgehead atoms. The summed E-state index contributed by atoms with van der Waals surface area (Å²) in [4.78, 5) is 26.4. The fourth-order valence-electron chi connectivity index (χ4n) is 2.65. The molecule has 1 aromatic rings. The number of thiophene rings is 1. The lowest BCUT2D eigenvalue weighted by Gasteiger charge is -2.18. The van der Waals surface area contributed by atoms with Crippen molar-refractivity contribution in [2.45, 2.75) is 13.3 Å². The first-order valence-corrected chi connectivity index (χ1v) is 7.70. The van der Waals surface area contributed by atoms with Crippen LogP contribution in [0.5, 0.6) is 0 Å². The second-order valence-electron chi connectivity index (χ2n) is 5.22. The average Bonchev–Trinajstić information content (AvgIpc) is 3.02. The Hall–Kier alpha value is -1.60. The predicted molar refractivity (Wildman–Crippen MR) is 84.3 cm³/mol. The predicted octanol–water partition coefficient (Wildman–Crippen LogP) is 1.37. The van der Waals surface area contributed by atoms with E-state index >= 15 is 0 Å². The number of ketones is 1. The number of Topliss-reactive ketones (excluding diaryl/α,β-unsaturated/α-hetero) is 1. The number of methoxy groups -OCH3 is 1. The number of ether oxygens (including phenoxy) is 1. The Kier molecular flexibility index (Phi) is 4.84. The summed E-state index contributed by atoms with van der Waals surface area (Å²) in [6.07, 6.45) is 1.01. The van der Waals surface area contributed by atoms with Crippen molar-refractivity contribution in [3.8, 4) is 0 Å². The van der Waals surface area contributed by atoms with Crippen LogP contribution in [0.3, 0.4) is 0 Å². The van der Waals surface area contributed by atoms with Crippen molar-refractivity contribution in [1.29, 1.82) is 0 Å². The van der Waals surface area contributed by atoms with Crippen LogP contribution in [0.2, 0.25) is 0 Å². The largest absolute Gasteiger partial charge is 0.397 e. The normalized spacial score (nSPS) is 18.0. The van der Waals surface area contributed by atoms with Crippen molar-refractivity contribution in [3.63, 3.8) is 0 Å². The van der Waals surface area contributed by atoms with Crippen molar-refractivity contribution in [3.05, 3.63) is 10.4 Å². The maximum atomic E-state index is 12.1. The number of nitrogens with two attached hydrogens (primary N) is 1. The number of nitrogens with one attached hydrogen (secondary N) is 1. The number of nitrogen functional groups attached to an aromatic ring is 1. The van der Waals surface area contributed by atoms with Gasteiger partial charge in [-0.2, -0.15) is 0 Å². The molecule has 116 valence electrons. The van der Waals surface area contributed by atoms with Crippen LogP contribution in [0.4, 0.5) is 10.7 Å². The molecule has 2 rings (SSSR count). The van der Waals surface area contributed by atoms with Gasteiger partial charge in [0.25, 0.3) is 5.91 Å². The van der Waals surface area contributed by atoms with Gasteiger partial charge in [0.15, 0.2) is 5.78 Å². The molecule has 7 heteroatoms. The van der Waals surface area contributed by atoms with E-state index < -0.39 is 0 Å². The molecule has 1 aliphatic rings. The monoisotopic (exact) mass is 311 g/mol. The lowest BCUT2D eigenvalue weighted by Crippen LogP contribution is -2.25. The molecule has 0 spiro atoms. The standard InChI is InChI=1S/C14H21N3O3S/c1-8(18)12-11(15)10(13(19)16-2)14(21-12)17-5-4-9(6-17)7-20-3/h9H,4-7,15H2,1-3H3,(H,16,19). The number of carbonyl (C=O) groups is 2. The quantitative estimate of drug-likeness (QED) is 0.802. The van der Waals surface area contributed by atoms with Gasteiger partial charge in [0.1, 0.15) is 5.00 Å². The molecule has 21 heavy (non-hydrogen) atoms. The molecule has 3 N–H and O–H groups in total. The van der Waals surface area contributed by atoms with E-state index in [1.165, 1.54) is 18.3 Å². The number of anilines is 2. The Morgan fingerprint density at radius 2 is 2.24 bits per heavy atom. The van der Waals surface area contributed by atoms with Crippen LogP contribution in [0.1, 0.15) is 33.4 Å². The Morgan fingerprint density at radius 3 is 2.81 bits per heavy atom. The fraction of sp³-hybridized carbons (Fsp3) is 0.571. The number of hydrogen-bond acceptors (Lipinski definition) is 6. The van der Waals surface area contributed by atoms with Crippen molar-refractivity contribution < 1.29 is 14.3 Å². The molecule has 0 saturated carbocycles. The van der Waals surface area contributed by atoms with Crippen LogP contribution >= 0.6 is 11.3 Å². The van der Waals surface area contributed by atoms with Gasteiger partial charge in [-0.05, 0) is 6.42 Å². The molecular formula is C14H21N3O3S. The SMILES string of the molecule is CNC(=O)c1c(N2CCC(COC)C2)sc(C(C)=O)c1N. The fourth-order valence-corrected chi connectivity index (χ4v) is 3.80. The first-order valence-electron chi connectivity index (χ1n) is 6.88. The molecule has 2 heterocycles. The zero-order valence-electron chi connectivity index (χ0n) is 12.6. The van der Waals surface area contributed by atoms with Gasteiger partial charge in [0.2, 0.25) is 0 Å². The van der Waals surface area contributed by atoms with E-state index in [0.29, 0.717) is 23.0 Å². The zero-order chi connectivity index (χ0) is 15.6. The summed E-state index contributed by atoms with van der Waals surface area (Å²) in [7, 11) is 3.25. The molecule has 1 atom stereocenters. The van der Waals surface area contributed by atoms with E-state index in [9.17, 15) is 9.59 Å². The molecule has 1 saturated heterocycles. The number of rotatable bonds is 5. The highest BCUT2D eigenvalue weighted by atomic mass is 32.1. The molecule has 6 nitrogen and oxygen atoms in total. The van der Waals surface area contributed by atoms with Crippen LogP contribution < -0.4 is 16.0 Å². The van der Waals surface area contributed by atoms with Crippen LogP contribution in [-0.2, 0) is 4.74 Å². The highest BCUT2D eigenvalue weighted by Crippen LogP contribution is 2.40. The summed E-state index contributed by atoms with van der Waals surface area (Å²) < 4.78 is 5.19. The Balaban J connectivity index is 2.36. The number of nitrogens with zero attached hydrogens (tertiary/aromatic N) is 1. The van der Waals surface area contributed by atoms with Crippen molar-refractivity contribution in [2.75, 3.05) is 44.5 Å². The second kappa shape index (κ2) is 6.44. The van der Waals surface area contributed by atoms with E-state index in [1.54, 1.807) is 14.2 Å². The van der Waals surface area contributed by atoms with E-state index in [-0.39, 0.29) is 17.4 Å². The summed E-state index contributed by atoms with van der Waals surface area (Å²) >= 11 is 1.31. The highest BCUT2D eigenvalue weighted by Gasteiger charge is 2.30. The van der Waals surface area contributed by atoms with Gasteiger partial charge >= 0.3 is 0 Å². The molecule has 1 unspecified atom stereocenters. The summed E-state index contributed by atoms with van der Waals surface area (Å²) in [5, 5.41) is 3.39. The minimum absolute atomic E-state index is 0.110. The van der Waals surface area contributed by atoms with Gasteiger partial charge in [-0.15, -0.1) is 11.3 Å². The minimum Gasteiger partial charge on any atom is -0.397 e. The van der Waals surface area contributed by atoms with Crippen molar-refractivity contribution >= 4 is 33.7 Å². The molecule has 1 aromatic heterocycles. The smallest absolute Gasteiger partial charge is 0.256 e. The van der Waals surface area contributed by atoms with Gasteiger partial charge in [0.05, 0.1) is 22.7 Å². The minimum atomic E-state index is -0.249. The molecule has 1 amide bonds. The van der Waals surface area contributed by atoms with Gasteiger partial charge in [0, 0.05) is 40.1 Å². The van der Waals surface area contributed by atoms with E-state index in [4.69, 9.17) is 10.5 Å². The van der Waals surface area contributed by atoms with Crippen LogP contribution in [0.15, 0.2) is 0 Å². The van der Waals surface area contributed by atoms with E-state index in [0.717, 1.165) is 24.5 Å². The van der Waals surface area contributed by atoms with Gasteiger partial charge in [-0.25, -0.2) is 0 Å². The van der Waals surface area contributed by atoms with Crippen LogP contribution in [0.25, 0.3) is 0 Å². The molecule has 0 aliphatic carbocycles. The average molecular weight is 311 g/mol. The molecule has 0 radical (unpaired) electrons. The first kappa shape index (κ1) is 15.8. The third-order valence-corrected chi connectivity index (χ3v) is 5.04. The summed E-state index contributed by atoms with van der Waals surface area (Å²) in [5.41, 5.74) is 6.73. The van der Waals surface area contributed by atoms with Gasteiger partial charge in [-0.1, -0.05) is 0 Å². The maximum Gasteiger partial charge on any atom is 0.256 e. The Bertz CT molecular complexity index is 556. The third-order valence-electron chi connectivity index (χ3n) is 3.68. The lowest BCUT2D eigenvalue weighted by molar-refractivity contribution is 0.0964. The summed E-state index contributed by atoms with van der Waals surface area (Å²) in [6, 6.07) is 0. The van der Waals surface area contributed by atoms with Crippen LogP contribution in [0, 0.1) is 5.92 Å². The van der Waals surface area contributed by atoms with E-state index in [2.05, 4.69) is 10.2 Å². The van der Waals surface area contributed by atoms with E-state index in [1.807, 2.05) is 0 Å². The highest BCUT2D eigenvalue weighted by molar-refractivity contribution is 7.19. The molecule has 0 aromatic carbocycles. The Labute approximate surface area is 128 Å². The van der Waals surface area contributed by atoms with Gasteiger partial charge < -0.3 is 20.7 Å². The Morgan fingerprint density at radius 1 is 1.52 bits per heavy atom. The molecule has 1 fully saturated rings. The molecule has 1 aliphatic heterocycles. The zero-order valence-corrected chi connectivity index (χ0v) is 13.4. The molecular weight excluding hydrogens is 290 g/mol. The van der Waals surface area contributed by atoms with Gasteiger partial charge in [-0.3, -0.25) is 9.59 Å². The van der Waals surface area contributed by atoms with Crippen molar-refractivity contribution in [1.82, 2.24) is 5.32 Å². The summed E-state index contributed by atoms with van der Waals surface area (Å²) in [6.45, 7) is 3.83. The van der Waals surface area contributed by atoms with Crippen LogP contribution in [-0.4, -0.2) is 45.5 Å². The lowest BCUT2D eigenvalue weighted by atomic mass is 10.1. The first-order chi connectivity index (χ1) is 9.99.